The minimum Gasteiger partial charge on any atom is -0.497 e. The molecule has 1 aromatic heterocycles. The molecule has 1 aliphatic heterocycles. The van der Waals surface area contributed by atoms with Crippen LogP contribution >= 0.6 is 0 Å². The first-order valence-electron chi connectivity index (χ1n) is 7.67. The maximum atomic E-state index is 12.8. The number of aromatic nitrogens is 1. The number of amides is 1. The van der Waals surface area contributed by atoms with Gasteiger partial charge in [-0.15, -0.1) is 0 Å². The third kappa shape index (κ3) is 2.99. The molecule has 2 aromatic rings. The van der Waals surface area contributed by atoms with E-state index in [0.717, 1.165) is 36.4 Å². The van der Waals surface area contributed by atoms with E-state index in [1.54, 1.807) is 38.7 Å². The lowest BCUT2D eigenvalue weighted by Gasteiger charge is -2.26. The van der Waals surface area contributed by atoms with Gasteiger partial charge in [-0.3, -0.25) is 9.78 Å². The Morgan fingerprint density at radius 3 is 2.65 bits per heavy atom. The molecular formula is C18H20N2O3. The van der Waals surface area contributed by atoms with Gasteiger partial charge in [0.15, 0.2) is 0 Å². The zero-order valence-electron chi connectivity index (χ0n) is 13.4. The fraction of sp³-hybridized carbons (Fsp3) is 0.333. The molecule has 0 spiro atoms. The average molecular weight is 312 g/mol. The Morgan fingerprint density at radius 2 is 1.96 bits per heavy atom. The molecular weight excluding hydrogens is 292 g/mol. The summed E-state index contributed by atoms with van der Waals surface area (Å²) < 4.78 is 10.8. The average Bonchev–Trinajstić information content (AvgIpc) is 3.10. The van der Waals surface area contributed by atoms with Gasteiger partial charge in [0.2, 0.25) is 0 Å². The van der Waals surface area contributed by atoms with E-state index in [1.807, 2.05) is 23.1 Å². The molecule has 23 heavy (non-hydrogen) atoms. The highest BCUT2D eigenvalue weighted by molar-refractivity contribution is 5.94. The van der Waals surface area contributed by atoms with Gasteiger partial charge in [-0.1, -0.05) is 0 Å². The second kappa shape index (κ2) is 6.69. The van der Waals surface area contributed by atoms with Gasteiger partial charge in [-0.2, -0.15) is 0 Å². The fourth-order valence-electron chi connectivity index (χ4n) is 3.09. The predicted molar refractivity (Wildman–Crippen MR) is 86.8 cm³/mol. The number of methoxy groups -OCH3 is 2. The quantitative estimate of drug-likeness (QED) is 0.870. The van der Waals surface area contributed by atoms with Crippen molar-refractivity contribution < 1.29 is 14.3 Å². The molecule has 1 saturated heterocycles. The summed E-state index contributed by atoms with van der Waals surface area (Å²) >= 11 is 0. The summed E-state index contributed by atoms with van der Waals surface area (Å²) in [6, 6.07) is 9.29. The molecule has 3 rings (SSSR count). The van der Waals surface area contributed by atoms with Crippen molar-refractivity contribution in [3.05, 3.63) is 53.9 Å². The van der Waals surface area contributed by atoms with Crippen LogP contribution in [0.25, 0.3) is 0 Å². The Kier molecular flexibility index (Phi) is 4.46. The van der Waals surface area contributed by atoms with Crippen molar-refractivity contribution in [3.63, 3.8) is 0 Å². The van der Waals surface area contributed by atoms with E-state index in [9.17, 15) is 4.79 Å². The third-order valence-corrected chi connectivity index (χ3v) is 4.24. The largest absolute Gasteiger partial charge is 0.497 e. The highest BCUT2D eigenvalue weighted by Gasteiger charge is 2.32. The molecule has 0 aliphatic carbocycles. The summed E-state index contributed by atoms with van der Waals surface area (Å²) in [6.07, 6.45) is 5.20. The van der Waals surface area contributed by atoms with Gasteiger partial charge in [0.25, 0.3) is 5.91 Å². The Bertz CT molecular complexity index is 688. The van der Waals surface area contributed by atoms with Gasteiger partial charge >= 0.3 is 0 Å². The fourth-order valence-corrected chi connectivity index (χ4v) is 3.09. The lowest BCUT2D eigenvalue weighted by atomic mass is 10.0. The van der Waals surface area contributed by atoms with E-state index in [1.165, 1.54) is 0 Å². The summed E-state index contributed by atoms with van der Waals surface area (Å²) in [5, 5.41) is 0. The monoisotopic (exact) mass is 312 g/mol. The molecule has 1 fully saturated rings. The molecule has 1 atom stereocenters. The third-order valence-electron chi connectivity index (χ3n) is 4.24. The number of hydrogen-bond acceptors (Lipinski definition) is 4. The highest BCUT2D eigenvalue weighted by Crippen LogP contribution is 2.39. The summed E-state index contributed by atoms with van der Waals surface area (Å²) in [6.45, 7) is 0.751. The van der Waals surface area contributed by atoms with Crippen LogP contribution in [-0.4, -0.2) is 36.6 Å². The van der Waals surface area contributed by atoms with Gasteiger partial charge in [0, 0.05) is 36.1 Å². The van der Waals surface area contributed by atoms with Crippen LogP contribution in [0.4, 0.5) is 0 Å². The lowest BCUT2D eigenvalue weighted by molar-refractivity contribution is 0.0734. The van der Waals surface area contributed by atoms with E-state index in [4.69, 9.17) is 9.47 Å². The molecule has 1 aromatic carbocycles. The first-order chi connectivity index (χ1) is 11.2. The lowest BCUT2D eigenvalue weighted by Crippen LogP contribution is -2.30. The predicted octanol–water partition coefficient (Wildman–Crippen LogP) is 3.08. The molecule has 5 nitrogen and oxygen atoms in total. The normalized spacial score (nSPS) is 17.1. The van der Waals surface area contributed by atoms with E-state index in [2.05, 4.69) is 4.98 Å². The second-order valence-corrected chi connectivity index (χ2v) is 5.50. The van der Waals surface area contributed by atoms with Crippen molar-refractivity contribution in [2.45, 2.75) is 18.9 Å². The zero-order valence-corrected chi connectivity index (χ0v) is 13.4. The smallest absolute Gasteiger partial charge is 0.254 e. The number of carbonyl (C=O) groups excluding carboxylic acids is 1. The van der Waals surface area contributed by atoms with Gasteiger partial charge < -0.3 is 14.4 Å². The molecule has 1 amide bonds. The van der Waals surface area contributed by atoms with Crippen molar-refractivity contribution in [3.8, 4) is 11.5 Å². The highest BCUT2D eigenvalue weighted by atomic mass is 16.5. The van der Waals surface area contributed by atoms with Crippen LogP contribution in [-0.2, 0) is 0 Å². The molecule has 0 bridgehead atoms. The molecule has 0 N–H and O–H groups in total. The Hall–Kier alpha value is -2.56. The van der Waals surface area contributed by atoms with Crippen LogP contribution in [0.2, 0.25) is 0 Å². The number of carbonyl (C=O) groups is 1. The van der Waals surface area contributed by atoms with Gasteiger partial charge in [0.1, 0.15) is 11.5 Å². The summed E-state index contributed by atoms with van der Waals surface area (Å²) in [5.41, 5.74) is 1.69. The van der Waals surface area contributed by atoms with E-state index in [0.29, 0.717) is 5.56 Å². The molecule has 1 aliphatic rings. The minimum atomic E-state index is 0.0246. The summed E-state index contributed by atoms with van der Waals surface area (Å²) in [7, 11) is 3.27. The number of benzene rings is 1. The van der Waals surface area contributed by atoms with Crippen molar-refractivity contribution >= 4 is 5.91 Å². The van der Waals surface area contributed by atoms with Gasteiger partial charge in [-0.05, 0) is 37.1 Å². The topological polar surface area (TPSA) is 51.7 Å². The maximum absolute atomic E-state index is 12.8. The van der Waals surface area contributed by atoms with E-state index in [-0.39, 0.29) is 11.9 Å². The SMILES string of the molecule is COc1ccc(C2CCCN2C(=O)c2ccncc2)c(OC)c1. The molecule has 2 heterocycles. The maximum Gasteiger partial charge on any atom is 0.254 e. The van der Waals surface area contributed by atoms with Crippen LogP contribution in [0.3, 0.4) is 0 Å². The zero-order chi connectivity index (χ0) is 16.2. The molecule has 1 unspecified atom stereocenters. The van der Waals surface area contributed by atoms with Crippen molar-refractivity contribution in [1.82, 2.24) is 9.88 Å². The molecule has 0 radical (unpaired) electrons. The van der Waals surface area contributed by atoms with E-state index < -0.39 is 0 Å². The minimum absolute atomic E-state index is 0.0246. The second-order valence-electron chi connectivity index (χ2n) is 5.50. The summed E-state index contributed by atoms with van der Waals surface area (Å²) in [4.78, 5) is 18.7. The van der Waals surface area contributed by atoms with Crippen LogP contribution in [0.1, 0.15) is 34.8 Å². The number of pyridine rings is 1. The van der Waals surface area contributed by atoms with Gasteiger partial charge in [0.05, 0.1) is 20.3 Å². The van der Waals surface area contributed by atoms with Crippen LogP contribution in [0.15, 0.2) is 42.7 Å². The Morgan fingerprint density at radius 1 is 1.17 bits per heavy atom. The van der Waals surface area contributed by atoms with Crippen LogP contribution in [0.5, 0.6) is 11.5 Å². The molecule has 0 saturated carbocycles. The van der Waals surface area contributed by atoms with Crippen LogP contribution in [0, 0.1) is 0 Å². The van der Waals surface area contributed by atoms with Crippen molar-refractivity contribution in [2.75, 3.05) is 20.8 Å². The van der Waals surface area contributed by atoms with Crippen molar-refractivity contribution in [2.24, 2.45) is 0 Å². The number of ether oxygens (including phenoxy) is 2. The summed E-state index contributed by atoms with van der Waals surface area (Å²) in [5.74, 6) is 1.53. The first-order valence-corrected chi connectivity index (χ1v) is 7.67. The van der Waals surface area contributed by atoms with Crippen molar-refractivity contribution in [1.29, 1.82) is 0 Å². The molecule has 120 valence electrons. The number of nitrogens with zero attached hydrogens (tertiary/aromatic N) is 2. The molecule has 5 heteroatoms. The number of hydrogen-bond donors (Lipinski definition) is 0. The Balaban J connectivity index is 1.91. The Labute approximate surface area is 135 Å². The van der Waals surface area contributed by atoms with E-state index >= 15 is 0 Å². The standard InChI is InChI=1S/C18H20N2O3/c1-22-14-5-6-15(17(12-14)23-2)16-4-3-11-20(16)18(21)13-7-9-19-10-8-13/h5-10,12,16H,3-4,11H2,1-2H3. The van der Waals surface area contributed by atoms with Gasteiger partial charge in [-0.25, -0.2) is 0 Å². The number of likely N-dealkylation sites (tertiary alicyclic amines) is 1. The van der Waals surface area contributed by atoms with Crippen LogP contribution < -0.4 is 9.47 Å². The number of rotatable bonds is 4. The first kappa shape index (κ1) is 15.3.